The van der Waals surface area contributed by atoms with Crippen molar-refractivity contribution in [3.05, 3.63) is 23.8 Å². The highest BCUT2D eigenvalue weighted by Gasteiger charge is 2.23. The van der Waals surface area contributed by atoms with Gasteiger partial charge in [-0.15, -0.1) is 0 Å². The summed E-state index contributed by atoms with van der Waals surface area (Å²) in [5.41, 5.74) is 1.26. The van der Waals surface area contributed by atoms with E-state index >= 15 is 0 Å². The molecule has 3 rings (SSSR count). The van der Waals surface area contributed by atoms with E-state index in [1.54, 1.807) is 0 Å². The Morgan fingerprint density at radius 3 is 3.06 bits per heavy atom. The summed E-state index contributed by atoms with van der Waals surface area (Å²) in [6.45, 7) is 3.26. The van der Waals surface area contributed by atoms with Gasteiger partial charge in [0.05, 0.1) is 0 Å². The van der Waals surface area contributed by atoms with Crippen molar-refractivity contribution in [3.8, 4) is 0 Å². The first-order chi connectivity index (χ1) is 8.83. The second-order valence-electron chi connectivity index (χ2n) is 5.57. The lowest BCUT2D eigenvalue weighted by Crippen LogP contribution is -2.50. The van der Waals surface area contributed by atoms with Crippen molar-refractivity contribution >= 4 is 0 Å². The lowest BCUT2D eigenvalue weighted by atomic mass is 9.83. The molecule has 0 spiro atoms. The predicted octanol–water partition coefficient (Wildman–Crippen LogP) is 1.19. The van der Waals surface area contributed by atoms with E-state index < -0.39 is 0 Å². The Hall–Kier alpha value is -1.00. The lowest BCUT2D eigenvalue weighted by Gasteiger charge is -2.32. The summed E-state index contributed by atoms with van der Waals surface area (Å²) in [4.78, 5) is 11.6. The molecule has 18 heavy (non-hydrogen) atoms. The van der Waals surface area contributed by atoms with E-state index in [9.17, 15) is 0 Å². The molecular weight excluding hydrogens is 224 g/mol. The number of hydrogen-bond donors (Lipinski definition) is 1. The lowest BCUT2D eigenvalue weighted by molar-refractivity contribution is 0.197. The molecule has 1 aliphatic carbocycles. The van der Waals surface area contributed by atoms with E-state index in [0.717, 1.165) is 31.9 Å². The molecule has 4 nitrogen and oxygen atoms in total. The van der Waals surface area contributed by atoms with Gasteiger partial charge < -0.3 is 10.2 Å². The Morgan fingerprint density at radius 1 is 1.44 bits per heavy atom. The van der Waals surface area contributed by atoms with Crippen LogP contribution in [0.1, 0.15) is 36.7 Å². The van der Waals surface area contributed by atoms with Gasteiger partial charge in [0, 0.05) is 49.9 Å². The molecule has 1 N–H and O–H groups in total. The molecule has 98 valence electrons. The van der Waals surface area contributed by atoms with Gasteiger partial charge in [0.25, 0.3) is 0 Å². The van der Waals surface area contributed by atoms with Gasteiger partial charge in [0.2, 0.25) is 0 Å². The van der Waals surface area contributed by atoms with Gasteiger partial charge in [-0.05, 0) is 26.0 Å². The summed E-state index contributed by atoms with van der Waals surface area (Å²) < 4.78 is 0. The first-order valence-electron chi connectivity index (χ1n) is 7.05. The molecule has 4 heteroatoms. The molecule has 1 unspecified atom stereocenters. The average Bonchev–Trinajstić information content (AvgIpc) is 2.31. The Balaban J connectivity index is 1.67. The summed E-state index contributed by atoms with van der Waals surface area (Å²) in [5.74, 6) is 1.72. The third-order valence-corrected chi connectivity index (χ3v) is 4.31. The van der Waals surface area contributed by atoms with Crippen LogP contribution >= 0.6 is 0 Å². The minimum Gasteiger partial charge on any atom is -0.314 e. The minimum atomic E-state index is 0.537. The number of nitrogens with zero attached hydrogens (tertiary/aromatic N) is 3. The average molecular weight is 246 g/mol. The van der Waals surface area contributed by atoms with Crippen molar-refractivity contribution in [3.63, 3.8) is 0 Å². The molecule has 1 saturated carbocycles. The van der Waals surface area contributed by atoms with Gasteiger partial charge in [-0.2, -0.15) is 0 Å². The molecule has 0 amide bonds. The van der Waals surface area contributed by atoms with Gasteiger partial charge in [0.1, 0.15) is 5.82 Å². The Kier molecular flexibility index (Phi) is 3.57. The van der Waals surface area contributed by atoms with E-state index in [1.807, 2.05) is 6.20 Å². The van der Waals surface area contributed by atoms with E-state index in [4.69, 9.17) is 4.98 Å². The maximum Gasteiger partial charge on any atom is 0.130 e. The van der Waals surface area contributed by atoms with Gasteiger partial charge in [-0.1, -0.05) is 6.42 Å². The van der Waals surface area contributed by atoms with E-state index in [-0.39, 0.29) is 0 Å². The molecule has 2 heterocycles. The van der Waals surface area contributed by atoms with Crippen LogP contribution in [0.3, 0.4) is 0 Å². The molecule has 2 aliphatic rings. The molecule has 1 atom stereocenters. The highest BCUT2D eigenvalue weighted by atomic mass is 15.2. The molecule has 1 aliphatic heterocycles. The Bertz CT molecular complexity index is 403. The Labute approximate surface area is 109 Å². The smallest absolute Gasteiger partial charge is 0.130 e. The number of likely N-dealkylation sites (N-methyl/N-ethyl adjacent to an activating group) is 1. The molecule has 1 aromatic heterocycles. The topological polar surface area (TPSA) is 41.0 Å². The van der Waals surface area contributed by atoms with Crippen LogP contribution in [-0.4, -0.2) is 47.6 Å². The third-order valence-electron chi connectivity index (χ3n) is 4.31. The van der Waals surface area contributed by atoms with E-state index in [1.165, 1.54) is 25.0 Å². The second-order valence-corrected chi connectivity index (χ2v) is 5.57. The fourth-order valence-corrected chi connectivity index (χ4v) is 2.75. The highest BCUT2D eigenvalue weighted by Crippen LogP contribution is 2.34. The van der Waals surface area contributed by atoms with Crippen LogP contribution in [0.25, 0.3) is 0 Å². The normalized spacial score (nSPS) is 25.9. The second kappa shape index (κ2) is 5.33. The van der Waals surface area contributed by atoms with Crippen molar-refractivity contribution < 1.29 is 0 Å². The van der Waals surface area contributed by atoms with E-state index in [0.29, 0.717) is 12.0 Å². The molecule has 0 radical (unpaired) electrons. The fourth-order valence-electron chi connectivity index (χ4n) is 2.75. The van der Waals surface area contributed by atoms with Crippen molar-refractivity contribution in [1.29, 1.82) is 0 Å². The summed E-state index contributed by atoms with van der Waals surface area (Å²) >= 11 is 0. The quantitative estimate of drug-likeness (QED) is 0.870. The Morgan fingerprint density at radius 2 is 2.33 bits per heavy atom. The van der Waals surface area contributed by atoms with Gasteiger partial charge in [-0.25, -0.2) is 9.97 Å². The van der Waals surface area contributed by atoms with E-state index in [2.05, 4.69) is 28.3 Å². The molecule has 1 saturated heterocycles. The van der Waals surface area contributed by atoms with Crippen LogP contribution < -0.4 is 5.32 Å². The molecular formula is C14H22N4. The van der Waals surface area contributed by atoms with Crippen LogP contribution in [0.4, 0.5) is 0 Å². The largest absolute Gasteiger partial charge is 0.314 e. The monoisotopic (exact) mass is 246 g/mol. The summed E-state index contributed by atoms with van der Waals surface area (Å²) in [6, 6.07) is 2.63. The zero-order valence-corrected chi connectivity index (χ0v) is 11.1. The van der Waals surface area contributed by atoms with Gasteiger partial charge >= 0.3 is 0 Å². The first kappa shape index (κ1) is 12.1. The van der Waals surface area contributed by atoms with Crippen LogP contribution in [0.5, 0.6) is 0 Å². The van der Waals surface area contributed by atoms with Crippen LogP contribution in [0.2, 0.25) is 0 Å². The van der Waals surface area contributed by atoms with Crippen LogP contribution in [0, 0.1) is 0 Å². The van der Waals surface area contributed by atoms with Gasteiger partial charge in [0.15, 0.2) is 0 Å². The van der Waals surface area contributed by atoms with Crippen molar-refractivity contribution in [1.82, 2.24) is 20.2 Å². The van der Waals surface area contributed by atoms with Crippen molar-refractivity contribution in [2.24, 2.45) is 0 Å². The van der Waals surface area contributed by atoms with Crippen molar-refractivity contribution in [2.45, 2.75) is 37.6 Å². The number of nitrogens with one attached hydrogen (secondary N) is 1. The standard InChI is InChI=1S/C14H22N4/c1-18-8-7-15-10-12(18)9-14-16-6-5-13(17-14)11-3-2-4-11/h5-6,11-12,15H,2-4,7-10H2,1H3. The SMILES string of the molecule is CN1CCNCC1Cc1nccc(C2CCC2)n1. The molecule has 2 fully saturated rings. The number of piperazine rings is 1. The third kappa shape index (κ3) is 2.54. The summed E-state index contributed by atoms with van der Waals surface area (Å²) in [6.07, 6.45) is 6.87. The first-order valence-corrected chi connectivity index (χ1v) is 7.05. The molecule has 1 aromatic rings. The number of hydrogen-bond acceptors (Lipinski definition) is 4. The summed E-state index contributed by atoms with van der Waals surface area (Å²) in [5, 5.41) is 3.45. The zero-order chi connectivity index (χ0) is 12.4. The number of aromatic nitrogens is 2. The molecule has 0 bridgehead atoms. The van der Waals surface area contributed by atoms with Crippen LogP contribution in [-0.2, 0) is 6.42 Å². The van der Waals surface area contributed by atoms with Gasteiger partial charge in [-0.3, -0.25) is 0 Å². The van der Waals surface area contributed by atoms with Crippen LogP contribution in [0.15, 0.2) is 12.3 Å². The zero-order valence-electron chi connectivity index (χ0n) is 11.1. The fraction of sp³-hybridized carbons (Fsp3) is 0.714. The van der Waals surface area contributed by atoms with Crippen molar-refractivity contribution in [2.75, 3.05) is 26.7 Å². The highest BCUT2D eigenvalue weighted by molar-refractivity contribution is 5.11. The predicted molar refractivity (Wildman–Crippen MR) is 71.6 cm³/mol. The summed E-state index contributed by atoms with van der Waals surface area (Å²) in [7, 11) is 2.20. The minimum absolute atomic E-state index is 0.537. The number of rotatable bonds is 3. The molecule has 0 aromatic carbocycles. The maximum atomic E-state index is 4.76. The maximum absolute atomic E-state index is 4.76.